The van der Waals surface area contributed by atoms with Crippen LogP contribution in [0.3, 0.4) is 0 Å². The van der Waals surface area contributed by atoms with E-state index in [0.717, 1.165) is 49.4 Å². The smallest absolute Gasteiger partial charge is 0.237 e. The van der Waals surface area contributed by atoms with Crippen molar-refractivity contribution in [1.29, 1.82) is 0 Å². The topological polar surface area (TPSA) is 102 Å². The van der Waals surface area contributed by atoms with E-state index in [2.05, 4.69) is 49.4 Å². The number of nitrogens with zero attached hydrogens (tertiary/aromatic N) is 5. The summed E-state index contributed by atoms with van der Waals surface area (Å²) in [6.45, 7) is 7.28. The number of benzene rings is 2. The lowest BCUT2D eigenvalue weighted by Crippen LogP contribution is -2.51. The molecule has 0 radical (unpaired) electrons. The molecule has 3 aliphatic heterocycles. The molecule has 0 spiro atoms. The van der Waals surface area contributed by atoms with Crippen LogP contribution >= 0.6 is 0 Å². The summed E-state index contributed by atoms with van der Waals surface area (Å²) in [5, 5.41) is 13.1. The van der Waals surface area contributed by atoms with Crippen LogP contribution in [0.1, 0.15) is 38.2 Å². The van der Waals surface area contributed by atoms with Gasteiger partial charge < -0.3 is 20.2 Å². The molecule has 208 valence electrons. The zero-order chi connectivity index (χ0) is 27.8. The number of amides is 2. The van der Waals surface area contributed by atoms with E-state index < -0.39 is 0 Å². The standard InChI is InChI=1S/C31H36N6O3/c1-20(2)27-14-23(6-9-28(27)38)34-31(40)22-10-13-35(16-22)19-29(39)37-18-25-15-26(37)17-36(25)24-7-4-21(5-8-24)30-32-11-3-12-33-30/h3-9,11-12,14,20,22,25-26,38H,10,13,15-19H2,1-2H3,(H,34,40)/t22-,25+,26+/m1/s1. The second-order valence-electron chi connectivity index (χ2n) is 11.5. The second-order valence-corrected chi connectivity index (χ2v) is 11.5. The Labute approximate surface area is 234 Å². The number of phenolic OH excluding ortho intramolecular Hbond substituents is 1. The van der Waals surface area contributed by atoms with Gasteiger partial charge in [-0.1, -0.05) is 13.8 Å². The maximum absolute atomic E-state index is 13.3. The molecule has 3 aromatic rings. The second kappa shape index (κ2) is 10.9. The van der Waals surface area contributed by atoms with Crippen molar-refractivity contribution in [2.24, 2.45) is 5.92 Å². The first-order chi connectivity index (χ1) is 19.4. The number of likely N-dealkylation sites (tertiary alicyclic amines) is 2. The summed E-state index contributed by atoms with van der Waals surface area (Å²) in [5.74, 6) is 1.09. The van der Waals surface area contributed by atoms with Crippen molar-refractivity contribution in [3.05, 3.63) is 66.5 Å². The Balaban J connectivity index is 0.998. The van der Waals surface area contributed by atoms with Gasteiger partial charge in [0.25, 0.3) is 0 Å². The van der Waals surface area contributed by atoms with Crippen LogP contribution in [0.2, 0.25) is 0 Å². The molecule has 2 amide bonds. The fraction of sp³-hybridized carbons (Fsp3) is 0.419. The van der Waals surface area contributed by atoms with Crippen molar-refractivity contribution in [2.75, 3.05) is 42.9 Å². The quantitative estimate of drug-likeness (QED) is 0.441. The van der Waals surface area contributed by atoms with Crippen molar-refractivity contribution in [3.8, 4) is 17.1 Å². The molecule has 1 aromatic heterocycles. The van der Waals surface area contributed by atoms with E-state index >= 15 is 0 Å². The fourth-order valence-electron chi connectivity index (χ4n) is 6.35. The Morgan fingerprint density at radius 3 is 2.50 bits per heavy atom. The van der Waals surface area contributed by atoms with Gasteiger partial charge in [0.15, 0.2) is 5.82 Å². The molecule has 0 aliphatic carbocycles. The van der Waals surface area contributed by atoms with Crippen molar-refractivity contribution < 1.29 is 14.7 Å². The SMILES string of the molecule is CC(C)c1cc(NC(=O)[C@@H]2CCN(CC(=O)N3C[C@@H]4C[C@H]3CN4c3ccc(-c4ncccn4)cc3)C2)ccc1O. The number of hydrogen-bond acceptors (Lipinski definition) is 7. The van der Waals surface area contributed by atoms with Gasteiger partial charge in [0, 0.05) is 55.0 Å². The average molecular weight is 541 g/mol. The predicted octanol–water partition coefficient (Wildman–Crippen LogP) is 3.72. The number of anilines is 2. The normalized spacial score (nSPS) is 22.3. The number of fused-ring (bicyclic) bond motifs is 2. The van der Waals surface area contributed by atoms with Gasteiger partial charge in [0.05, 0.1) is 18.5 Å². The summed E-state index contributed by atoms with van der Waals surface area (Å²) in [6, 6.07) is 15.9. The van der Waals surface area contributed by atoms with E-state index in [1.807, 2.05) is 30.9 Å². The number of carbonyl (C=O) groups excluding carboxylic acids is 2. The number of aromatic nitrogens is 2. The van der Waals surface area contributed by atoms with Gasteiger partial charge in [0.2, 0.25) is 11.8 Å². The van der Waals surface area contributed by atoms with Crippen molar-refractivity contribution in [3.63, 3.8) is 0 Å². The third-order valence-electron chi connectivity index (χ3n) is 8.50. The van der Waals surface area contributed by atoms with E-state index in [1.165, 1.54) is 5.69 Å². The molecule has 4 heterocycles. The van der Waals surface area contributed by atoms with E-state index in [1.54, 1.807) is 24.5 Å². The van der Waals surface area contributed by atoms with E-state index in [4.69, 9.17) is 0 Å². The van der Waals surface area contributed by atoms with Crippen LogP contribution < -0.4 is 10.2 Å². The molecule has 40 heavy (non-hydrogen) atoms. The number of piperazine rings is 1. The molecule has 3 saturated heterocycles. The number of carbonyl (C=O) groups is 2. The molecular formula is C31H36N6O3. The Morgan fingerprint density at radius 2 is 1.80 bits per heavy atom. The number of nitrogens with one attached hydrogen (secondary N) is 1. The van der Waals surface area contributed by atoms with Gasteiger partial charge in [-0.2, -0.15) is 0 Å². The van der Waals surface area contributed by atoms with Crippen LogP contribution in [0.15, 0.2) is 60.9 Å². The molecule has 0 saturated carbocycles. The zero-order valence-electron chi connectivity index (χ0n) is 23.0. The molecule has 3 atom stereocenters. The lowest BCUT2D eigenvalue weighted by molar-refractivity contribution is -0.133. The molecular weight excluding hydrogens is 504 g/mol. The summed E-state index contributed by atoms with van der Waals surface area (Å²) in [6.07, 6.45) is 5.22. The highest BCUT2D eigenvalue weighted by molar-refractivity contribution is 5.93. The van der Waals surface area contributed by atoms with Crippen molar-refractivity contribution in [2.45, 2.75) is 44.7 Å². The minimum atomic E-state index is -0.154. The number of hydrogen-bond donors (Lipinski definition) is 2. The Hall–Kier alpha value is -3.98. The Bertz CT molecular complexity index is 1380. The van der Waals surface area contributed by atoms with Crippen molar-refractivity contribution >= 4 is 23.2 Å². The third-order valence-corrected chi connectivity index (χ3v) is 8.50. The van der Waals surface area contributed by atoms with Crippen LogP contribution in [0.4, 0.5) is 11.4 Å². The van der Waals surface area contributed by atoms with Crippen LogP contribution in [-0.4, -0.2) is 81.5 Å². The first-order valence-corrected chi connectivity index (χ1v) is 14.2. The molecule has 9 nitrogen and oxygen atoms in total. The molecule has 9 heteroatoms. The molecule has 3 aliphatic rings. The summed E-state index contributed by atoms with van der Waals surface area (Å²) >= 11 is 0. The minimum Gasteiger partial charge on any atom is -0.508 e. The molecule has 2 aromatic carbocycles. The first kappa shape index (κ1) is 26.3. The largest absolute Gasteiger partial charge is 0.508 e. The van der Waals surface area contributed by atoms with Crippen LogP contribution in [0.5, 0.6) is 5.75 Å². The number of phenols is 1. The highest BCUT2D eigenvalue weighted by Gasteiger charge is 2.45. The minimum absolute atomic E-state index is 0.0314. The van der Waals surface area contributed by atoms with Gasteiger partial charge in [0.1, 0.15) is 5.75 Å². The lowest BCUT2D eigenvalue weighted by atomic mass is 10.0. The maximum Gasteiger partial charge on any atom is 0.237 e. The van der Waals surface area contributed by atoms with Gasteiger partial charge in [-0.15, -0.1) is 0 Å². The van der Waals surface area contributed by atoms with E-state index in [-0.39, 0.29) is 35.4 Å². The first-order valence-electron chi connectivity index (χ1n) is 14.2. The van der Waals surface area contributed by atoms with Crippen molar-refractivity contribution in [1.82, 2.24) is 19.8 Å². The summed E-state index contributed by atoms with van der Waals surface area (Å²) in [5.41, 5.74) is 3.67. The number of aromatic hydroxyl groups is 1. The Morgan fingerprint density at radius 1 is 1.02 bits per heavy atom. The molecule has 2 bridgehead atoms. The molecule has 6 rings (SSSR count). The van der Waals surface area contributed by atoms with Gasteiger partial charge in [-0.25, -0.2) is 9.97 Å². The highest BCUT2D eigenvalue weighted by atomic mass is 16.3. The molecule has 0 unspecified atom stereocenters. The van der Waals surface area contributed by atoms with E-state index in [9.17, 15) is 14.7 Å². The van der Waals surface area contributed by atoms with Gasteiger partial charge >= 0.3 is 0 Å². The Kier molecular flexibility index (Phi) is 7.14. The monoisotopic (exact) mass is 540 g/mol. The lowest BCUT2D eigenvalue weighted by Gasteiger charge is -2.36. The summed E-state index contributed by atoms with van der Waals surface area (Å²) in [7, 11) is 0. The highest BCUT2D eigenvalue weighted by Crippen LogP contribution is 2.35. The fourth-order valence-corrected chi connectivity index (χ4v) is 6.35. The van der Waals surface area contributed by atoms with Crippen LogP contribution in [0, 0.1) is 5.92 Å². The third kappa shape index (κ3) is 5.25. The molecule has 3 fully saturated rings. The number of rotatable bonds is 7. The predicted molar refractivity (Wildman–Crippen MR) is 154 cm³/mol. The maximum atomic E-state index is 13.3. The average Bonchev–Trinajstić information content (AvgIpc) is 3.71. The molecule has 2 N–H and O–H groups in total. The van der Waals surface area contributed by atoms with Crippen LogP contribution in [0.25, 0.3) is 11.4 Å². The van der Waals surface area contributed by atoms with Crippen LogP contribution in [-0.2, 0) is 9.59 Å². The van der Waals surface area contributed by atoms with Gasteiger partial charge in [-0.05, 0) is 79.4 Å². The van der Waals surface area contributed by atoms with Gasteiger partial charge in [-0.3, -0.25) is 14.5 Å². The van der Waals surface area contributed by atoms with E-state index in [0.29, 0.717) is 24.8 Å². The summed E-state index contributed by atoms with van der Waals surface area (Å²) < 4.78 is 0. The summed E-state index contributed by atoms with van der Waals surface area (Å²) in [4.78, 5) is 41.4. The zero-order valence-corrected chi connectivity index (χ0v) is 23.0.